The number of aliphatic hydroxyl groups excluding tert-OH is 1. The molecule has 1 aliphatic heterocycles. The molecule has 0 bridgehead atoms. The van der Waals surface area contributed by atoms with Crippen molar-refractivity contribution in [3.63, 3.8) is 0 Å². The molecule has 8 heteroatoms. The molecule has 1 atom stereocenters. The number of carbonyl (C=O) groups excluding carboxylic acids is 1. The van der Waals surface area contributed by atoms with Crippen LogP contribution in [-0.4, -0.2) is 40.0 Å². The first-order chi connectivity index (χ1) is 8.54. The Labute approximate surface area is 112 Å². The summed E-state index contributed by atoms with van der Waals surface area (Å²) in [6.07, 6.45) is 1.58. The van der Waals surface area contributed by atoms with Crippen molar-refractivity contribution in [2.45, 2.75) is 18.9 Å². The van der Waals surface area contributed by atoms with Crippen molar-refractivity contribution in [3.8, 4) is 0 Å². The van der Waals surface area contributed by atoms with E-state index in [1.165, 1.54) is 6.07 Å². The predicted octanol–water partition coefficient (Wildman–Crippen LogP) is 1.91. The van der Waals surface area contributed by atoms with Crippen molar-refractivity contribution in [1.29, 1.82) is 0 Å². The minimum atomic E-state index is -0.608. The topological polar surface area (TPSA) is 83.7 Å². The van der Waals surface area contributed by atoms with Gasteiger partial charge in [0.2, 0.25) is 0 Å². The third-order valence-corrected chi connectivity index (χ3v) is 4.25. The normalized spacial score (nSPS) is 19.2. The Morgan fingerprint density at radius 3 is 3.00 bits per heavy atom. The second-order valence-corrected chi connectivity index (χ2v) is 5.66. The SMILES string of the molecule is O=C(c1cc([N+](=O)[O-])c(Cl)s1)N1CCCC1CO. The first-order valence-corrected chi connectivity index (χ1v) is 6.59. The van der Waals surface area contributed by atoms with E-state index in [1.807, 2.05) is 0 Å². The summed E-state index contributed by atoms with van der Waals surface area (Å²) in [7, 11) is 0. The number of aliphatic hydroxyl groups is 1. The number of likely N-dealkylation sites (tertiary alicyclic amines) is 1. The number of nitrogens with zero attached hydrogens (tertiary/aromatic N) is 2. The van der Waals surface area contributed by atoms with Crippen molar-refractivity contribution in [1.82, 2.24) is 4.90 Å². The van der Waals surface area contributed by atoms with E-state index in [0.29, 0.717) is 6.54 Å². The highest BCUT2D eigenvalue weighted by molar-refractivity contribution is 7.18. The number of thiophene rings is 1. The molecule has 0 saturated carbocycles. The fourth-order valence-corrected chi connectivity index (χ4v) is 3.20. The maximum atomic E-state index is 12.1. The lowest BCUT2D eigenvalue weighted by molar-refractivity contribution is -0.384. The van der Waals surface area contributed by atoms with Crippen LogP contribution in [0.3, 0.4) is 0 Å². The Morgan fingerprint density at radius 2 is 2.44 bits per heavy atom. The molecule has 1 fully saturated rings. The molecule has 1 aliphatic rings. The summed E-state index contributed by atoms with van der Waals surface area (Å²) in [5, 5.41) is 19.8. The highest BCUT2D eigenvalue weighted by Gasteiger charge is 2.31. The number of nitro groups is 1. The zero-order chi connectivity index (χ0) is 13.3. The van der Waals surface area contributed by atoms with Gasteiger partial charge in [-0.05, 0) is 12.8 Å². The molecule has 18 heavy (non-hydrogen) atoms. The Bertz CT molecular complexity index is 490. The van der Waals surface area contributed by atoms with Crippen LogP contribution in [0.2, 0.25) is 4.34 Å². The van der Waals surface area contributed by atoms with Gasteiger partial charge in [0, 0.05) is 12.6 Å². The number of amides is 1. The number of hydrogen-bond acceptors (Lipinski definition) is 5. The van der Waals surface area contributed by atoms with E-state index in [9.17, 15) is 14.9 Å². The van der Waals surface area contributed by atoms with Crippen LogP contribution in [0.4, 0.5) is 5.69 Å². The molecule has 0 spiro atoms. The second-order valence-electron chi connectivity index (χ2n) is 4.00. The molecule has 1 amide bonds. The molecule has 98 valence electrons. The maximum absolute atomic E-state index is 12.1. The smallest absolute Gasteiger partial charge is 0.299 e. The standard InChI is InChI=1S/C10H11ClN2O4S/c11-9-7(13(16)17)4-8(18-9)10(15)12-3-1-2-6(12)5-14/h4,6,14H,1-3,5H2. The third kappa shape index (κ3) is 2.33. The van der Waals surface area contributed by atoms with Gasteiger partial charge >= 0.3 is 0 Å². The van der Waals surface area contributed by atoms with Crippen LogP contribution in [0.25, 0.3) is 0 Å². The highest BCUT2D eigenvalue weighted by Crippen LogP contribution is 2.35. The van der Waals surface area contributed by atoms with Crippen LogP contribution in [0, 0.1) is 10.1 Å². The molecular weight excluding hydrogens is 280 g/mol. The lowest BCUT2D eigenvalue weighted by Gasteiger charge is -2.21. The molecule has 1 unspecified atom stereocenters. The van der Waals surface area contributed by atoms with E-state index >= 15 is 0 Å². The fraction of sp³-hybridized carbons (Fsp3) is 0.500. The Hall–Kier alpha value is -1.18. The minimum Gasteiger partial charge on any atom is -0.394 e. The fourth-order valence-electron chi connectivity index (χ4n) is 2.02. The van der Waals surface area contributed by atoms with Gasteiger partial charge in [0.25, 0.3) is 11.6 Å². The third-order valence-electron chi connectivity index (χ3n) is 2.92. The average molecular weight is 291 g/mol. The van der Waals surface area contributed by atoms with E-state index < -0.39 is 4.92 Å². The maximum Gasteiger partial charge on any atom is 0.299 e. The van der Waals surface area contributed by atoms with Crippen molar-refractivity contribution in [3.05, 3.63) is 25.4 Å². The first-order valence-electron chi connectivity index (χ1n) is 5.40. The summed E-state index contributed by atoms with van der Waals surface area (Å²) in [5.41, 5.74) is -0.246. The largest absolute Gasteiger partial charge is 0.394 e. The molecule has 2 heterocycles. The van der Waals surface area contributed by atoms with Gasteiger partial charge in [-0.25, -0.2) is 0 Å². The van der Waals surface area contributed by atoms with Gasteiger partial charge in [-0.3, -0.25) is 14.9 Å². The monoisotopic (exact) mass is 290 g/mol. The van der Waals surface area contributed by atoms with E-state index in [1.54, 1.807) is 4.90 Å². The van der Waals surface area contributed by atoms with Gasteiger partial charge in [0.1, 0.15) is 4.88 Å². The van der Waals surface area contributed by atoms with Crippen LogP contribution in [0.5, 0.6) is 0 Å². The van der Waals surface area contributed by atoms with E-state index in [4.69, 9.17) is 16.7 Å². The quantitative estimate of drug-likeness (QED) is 0.681. The molecule has 0 aromatic carbocycles. The van der Waals surface area contributed by atoms with Crippen LogP contribution in [-0.2, 0) is 0 Å². The van der Waals surface area contributed by atoms with Gasteiger partial charge in [0.05, 0.1) is 17.6 Å². The predicted molar refractivity (Wildman–Crippen MR) is 67.1 cm³/mol. The lowest BCUT2D eigenvalue weighted by atomic mass is 10.2. The summed E-state index contributed by atoms with van der Waals surface area (Å²) in [5.74, 6) is -0.299. The van der Waals surface area contributed by atoms with Gasteiger partial charge in [-0.2, -0.15) is 0 Å². The molecule has 0 aliphatic carbocycles. The number of halogens is 1. The van der Waals surface area contributed by atoms with Crippen molar-refractivity contribution >= 4 is 34.5 Å². The zero-order valence-electron chi connectivity index (χ0n) is 9.34. The minimum absolute atomic E-state index is 0.00287. The Morgan fingerprint density at radius 1 is 1.72 bits per heavy atom. The van der Waals surface area contributed by atoms with E-state index in [2.05, 4.69) is 0 Å². The number of rotatable bonds is 3. The molecule has 0 radical (unpaired) electrons. The van der Waals surface area contributed by atoms with Crippen molar-refractivity contribution < 1.29 is 14.8 Å². The summed E-state index contributed by atoms with van der Waals surface area (Å²) in [6.45, 7) is 0.473. The molecule has 1 aromatic heterocycles. The molecule has 6 nitrogen and oxygen atoms in total. The first kappa shape index (κ1) is 13.3. The molecule has 1 aromatic rings. The average Bonchev–Trinajstić information content (AvgIpc) is 2.93. The van der Waals surface area contributed by atoms with Gasteiger partial charge in [-0.15, -0.1) is 11.3 Å². The lowest BCUT2D eigenvalue weighted by Crippen LogP contribution is -2.37. The zero-order valence-corrected chi connectivity index (χ0v) is 10.9. The highest BCUT2D eigenvalue weighted by atomic mass is 35.5. The summed E-state index contributed by atoms with van der Waals surface area (Å²) in [4.78, 5) is 24.0. The van der Waals surface area contributed by atoms with Gasteiger partial charge in [-0.1, -0.05) is 11.6 Å². The number of carbonyl (C=O) groups is 1. The molecular formula is C10H11ClN2O4S. The summed E-state index contributed by atoms with van der Waals surface area (Å²) >= 11 is 6.62. The van der Waals surface area contributed by atoms with Gasteiger partial charge < -0.3 is 10.0 Å². The van der Waals surface area contributed by atoms with Crippen LogP contribution in [0.1, 0.15) is 22.5 Å². The second kappa shape index (κ2) is 5.21. The van der Waals surface area contributed by atoms with Crippen molar-refractivity contribution in [2.24, 2.45) is 0 Å². The van der Waals surface area contributed by atoms with E-state index in [-0.39, 0.29) is 33.5 Å². The summed E-state index contributed by atoms with van der Waals surface area (Å²) in [6, 6.07) is 1.000. The van der Waals surface area contributed by atoms with E-state index in [0.717, 1.165) is 24.2 Å². The van der Waals surface area contributed by atoms with Crippen molar-refractivity contribution in [2.75, 3.05) is 13.2 Å². The summed E-state index contributed by atoms with van der Waals surface area (Å²) < 4.78 is 0.00287. The molecule has 1 saturated heterocycles. The molecule has 2 rings (SSSR count). The Kier molecular flexibility index (Phi) is 3.84. The molecule has 1 N–H and O–H groups in total. The van der Waals surface area contributed by atoms with Crippen LogP contribution < -0.4 is 0 Å². The van der Waals surface area contributed by atoms with Gasteiger partial charge in [0.15, 0.2) is 4.34 Å². The van der Waals surface area contributed by atoms with Crippen LogP contribution in [0.15, 0.2) is 6.07 Å². The number of hydrogen-bond donors (Lipinski definition) is 1. The van der Waals surface area contributed by atoms with Crippen LogP contribution >= 0.6 is 22.9 Å². The Balaban J connectivity index is 2.23.